The first kappa shape index (κ1) is 13.6. The highest BCUT2D eigenvalue weighted by molar-refractivity contribution is 6.35. The number of nitrogens with zero attached hydrogens (tertiary/aromatic N) is 1. The van der Waals surface area contributed by atoms with Gasteiger partial charge < -0.3 is 5.32 Å². The first-order chi connectivity index (χ1) is 8.56. The van der Waals surface area contributed by atoms with E-state index in [1.54, 1.807) is 0 Å². The van der Waals surface area contributed by atoms with Crippen LogP contribution in [0, 0.1) is 5.92 Å². The number of hydrogen-bond donors (Lipinski definition) is 1. The van der Waals surface area contributed by atoms with Crippen molar-refractivity contribution in [1.82, 2.24) is 10.3 Å². The Kier molecular flexibility index (Phi) is 4.46. The molecule has 5 heteroatoms. The van der Waals surface area contributed by atoms with Crippen molar-refractivity contribution in [1.29, 1.82) is 0 Å². The van der Waals surface area contributed by atoms with E-state index >= 15 is 0 Å². The molecule has 0 atom stereocenters. The molecule has 1 saturated carbocycles. The van der Waals surface area contributed by atoms with E-state index in [0.717, 1.165) is 31.6 Å². The van der Waals surface area contributed by atoms with E-state index in [4.69, 9.17) is 23.2 Å². The van der Waals surface area contributed by atoms with Crippen LogP contribution in [-0.2, 0) is 0 Å². The van der Waals surface area contributed by atoms with Crippen molar-refractivity contribution in [3.63, 3.8) is 0 Å². The fourth-order valence-corrected chi connectivity index (χ4v) is 2.60. The molecule has 1 aliphatic rings. The smallest absolute Gasteiger partial charge is 0.253 e. The lowest BCUT2D eigenvalue weighted by atomic mass is 9.87. The van der Waals surface area contributed by atoms with Crippen molar-refractivity contribution in [2.45, 2.75) is 38.6 Å². The molecule has 0 unspecified atom stereocenters. The van der Waals surface area contributed by atoms with Crippen LogP contribution in [0.4, 0.5) is 0 Å². The quantitative estimate of drug-likeness (QED) is 0.843. The largest absolute Gasteiger partial charge is 0.349 e. The maximum Gasteiger partial charge on any atom is 0.253 e. The summed E-state index contributed by atoms with van der Waals surface area (Å²) in [5.74, 6) is 0.598. The van der Waals surface area contributed by atoms with Crippen LogP contribution in [0.2, 0.25) is 10.2 Å². The van der Waals surface area contributed by atoms with Gasteiger partial charge in [-0.25, -0.2) is 4.98 Å². The number of nitrogens with one attached hydrogen (secondary N) is 1. The van der Waals surface area contributed by atoms with Gasteiger partial charge in [-0.15, -0.1) is 0 Å². The highest BCUT2D eigenvalue weighted by Crippen LogP contribution is 2.24. The third-order valence-corrected chi connectivity index (χ3v) is 3.93. The first-order valence-corrected chi connectivity index (χ1v) is 6.93. The van der Waals surface area contributed by atoms with Crippen LogP contribution in [0.5, 0.6) is 0 Å². The van der Waals surface area contributed by atoms with Gasteiger partial charge in [-0.3, -0.25) is 4.79 Å². The molecule has 0 bridgehead atoms. The molecule has 1 N–H and O–H groups in total. The van der Waals surface area contributed by atoms with Crippen molar-refractivity contribution in [2.24, 2.45) is 5.92 Å². The SMILES string of the molecule is CC1CCC(NC(=O)c2cc(Cl)ncc2Cl)CC1. The minimum absolute atomic E-state index is 0.163. The molecular formula is C13H16Cl2N2O. The van der Waals surface area contributed by atoms with Gasteiger partial charge in [-0.2, -0.15) is 0 Å². The highest BCUT2D eigenvalue weighted by atomic mass is 35.5. The summed E-state index contributed by atoms with van der Waals surface area (Å²) >= 11 is 11.7. The predicted molar refractivity (Wildman–Crippen MR) is 73.1 cm³/mol. The van der Waals surface area contributed by atoms with Crippen molar-refractivity contribution < 1.29 is 4.79 Å². The minimum atomic E-state index is -0.163. The van der Waals surface area contributed by atoms with Crippen LogP contribution in [0.3, 0.4) is 0 Å². The maximum atomic E-state index is 12.1. The van der Waals surface area contributed by atoms with E-state index < -0.39 is 0 Å². The third kappa shape index (κ3) is 3.36. The monoisotopic (exact) mass is 286 g/mol. The predicted octanol–water partition coefficient (Wildman–Crippen LogP) is 3.70. The number of carbonyl (C=O) groups excluding carboxylic acids is 1. The number of carbonyl (C=O) groups is 1. The minimum Gasteiger partial charge on any atom is -0.349 e. The Balaban J connectivity index is 2.01. The molecule has 0 aromatic carbocycles. The van der Waals surface area contributed by atoms with Crippen molar-refractivity contribution in [2.75, 3.05) is 0 Å². The molecule has 18 heavy (non-hydrogen) atoms. The van der Waals surface area contributed by atoms with Crippen LogP contribution in [0.1, 0.15) is 43.0 Å². The van der Waals surface area contributed by atoms with Gasteiger partial charge in [0.05, 0.1) is 10.6 Å². The second-order valence-corrected chi connectivity index (χ2v) is 5.71. The summed E-state index contributed by atoms with van der Waals surface area (Å²) < 4.78 is 0. The van der Waals surface area contributed by atoms with Crippen LogP contribution < -0.4 is 5.32 Å². The molecule has 2 rings (SSSR count). The first-order valence-electron chi connectivity index (χ1n) is 6.18. The number of amides is 1. The summed E-state index contributed by atoms with van der Waals surface area (Å²) in [5, 5.41) is 3.63. The second-order valence-electron chi connectivity index (χ2n) is 4.92. The van der Waals surface area contributed by atoms with Crippen LogP contribution >= 0.6 is 23.2 Å². The van der Waals surface area contributed by atoms with E-state index in [9.17, 15) is 4.79 Å². The molecule has 1 heterocycles. The molecule has 1 fully saturated rings. The molecule has 1 aromatic rings. The molecular weight excluding hydrogens is 271 g/mol. The zero-order valence-corrected chi connectivity index (χ0v) is 11.8. The zero-order valence-electron chi connectivity index (χ0n) is 10.2. The molecule has 0 spiro atoms. The fourth-order valence-electron chi connectivity index (χ4n) is 2.25. The molecule has 1 amide bonds. The van der Waals surface area contributed by atoms with Crippen molar-refractivity contribution >= 4 is 29.1 Å². The molecule has 0 saturated heterocycles. The lowest BCUT2D eigenvalue weighted by molar-refractivity contribution is 0.0923. The van der Waals surface area contributed by atoms with Crippen molar-refractivity contribution in [3.05, 3.63) is 28.0 Å². The topological polar surface area (TPSA) is 42.0 Å². The number of hydrogen-bond acceptors (Lipinski definition) is 2. The van der Waals surface area contributed by atoms with Gasteiger partial charge in [0.2, 0.25) is 0 Å². The molecule has 1 aliphatic carbocycles. The number of rotatable bonds is 2. The molecule has 1 aromatic heterocycles. The average Bonchev–Trinajstić information content (AvgIpc) is 2.35. The summed E-state index contributed by atoms with van der Waals surface area (Å²) in [6, 6.07) is 1.75. The van der Waals surface area contributed by atoms with Gasteiger partial charge in [0.1, 0.15) is 5.15 Å². The van der Waals surface area contributed by atoms with E-state index in [1.807, 2.05) is 0 Å². The Labute approximate surface area is 117 Å². The van der Waals surface area contributed by atoms with E-state index in [1.165, 1.54) is 12.3 Å². The van der Waals surface area contributed by atoms with E-state index in [0.29, 0.717) is 10.6 Å². The van der Waals surface area contributed by atoms with Crippen LogP contribution in [0.25, 0.3) is 0 Å². The highest BCUT2D eigenvalue weighted by Gasteiger charge is 2.21. The molecule has 0 aliphatic heterocycles. The molecule has 0 radical (unpaired) electrons. The van der Waals surface area contributed by atoms with Gasteiger partial charge in [0, 0.05) is 12.2 Å². The van der Waals surface area contributed by atoms with E-state index in [2.05, 4.69) is 17.2 Å². The normalized spacial score (nSPS) is 23.7. The Morgan fingerprint density at radius 1 is 1.33 bits per heavy atom. The maximum absolute atomic E-state index is 12.1. The Morgan fingerprint density at radius 2 is 2.00 bits per heavy atom. The lowest BCUT2D eigenvalue weighted by Gasteiger charge is -2.27. The van der Waals surface area contributed by atoms with Gasteiger partial charge in [0.15, 0.2) is 0 Å². The number of halogens is 2. The zero-order chi connectivity index (χ0) is 13.1. The van der Waals surface area contributed by atoms with Gasteiger partial charge >= 0.3 is 0 Å². The summed E-state index contributed by atoms with van der Waals surface area (Å²) in [5.41, 5.74) is 0.398. The van der Waals surface area contributed by atoms with Gasteiger partial charge in [-0.05, 0) is 37.7 Å². The standard InChI is InChI=1S/C13H16Cl2N2O/c1-8-2-4-9(5-3-8)17-13(18)10-6-12(15)16-7-11(10)14/h6-9H,2-5H2,1H3,(H,17,18). The van der Waals surface area contributed by atoms with Crippen LogP contribution in [0.15, 0.2) is 12.3 Å². The second kappa shape index (κ2) is 5.89. The lowest BCUT2D eigenvalue weighted by Crippen LogP contribution is -2.37. The van der Waals surface area contributed by atoms with Crippen molar-refractivity contribution in [3.8, 4) is 0 Å². The number of aromatic nitrogens is 1. The Morgan fingerprint density at radius 3 is 2.67 bits per heavy atom. The summed E-state index contributed by atoms with van der Waals surface area (Å²) in [6.45, 7) is 2.25. The molecule has 98 valence electrons. The van der Waals surface area contributed by atoms with E-state index in [-0.39, 0.29) is 17.1 Å². The van der Waals surface area contributed by atoms with Crippen LogP contribution in [-0.4, -0.2) is 16.9 Å². The van der Waals surface area contributed by atoms with Gasteiger partial charge in [0.25, 0.3) is 5.91 Å². The number of pyridine rings is 1. The summed E-state index contributed by atoms with van der Waals surface area (Å²) in [4.78, 5) is 15.9. The van der Waals surface area contributed by atoms with Gasteiger partial charge in [-0.1, -0.05) is 30.1 Å². The summed E-state index contributed by atoms with van der Waals surface area (Å²) in [7, 11) is 0. The fraction of sp³-hybridized carbons (Fsp3) is 0.538. The Bertz CT molecular complexity index is 443. The molecule has 3 nitrogen and oxygen atoms in total. The third-order valence-electron chi connectivity index (χ3n) is 3.42. The Hall–Kier alpha value is -0.800. The average molecular weight is 287 g/mol. The summed E-state index contributed by atoms with van der Waals surface area (Å²) in [6.07, 6.45) is 5.79.